The average Bonchev–Trinajstić information content (AvgIpc) is 2.46. The van der Waals surface area contributed by atoms with Gasteiger partial charge in [-0.2, -0.15) is 0 Å². The second-order valence-electron chi connectivity index (χ2n) is 4.44. The van der Waals surface area contributed by atoms with Crippen LogP contribution in [-0.4, -0.2) is 17.5 Å². The fraction of sp³-hybridized carbons (Fsp3) is 0.188. The number of halogens is 1. The van der Waals surface area contributed by atoms with Crippen LogP contribution in [0.3, 0.4) is 0 Å². The number of rotatable bonds is 5. The van der Waals surface area contributed by atoms with Crippen LogP contribution < -0.4 is 4.74 Å². The molecule has 0 saturated heterocycles. The first-order valence-electron chi connectivity index (χ1n) is 6.24. The molecule has 0 aliphatic rings. The quantitative estimate of drug-likeness (QED) is 0.855. The summed E-state index contributed by atoms with van der Waals surface area (Å²) in [6.07, 6.45) is -0.722. The minimum atomic E-state index is -0.722. The molecule has 0 aliphatic carbocycles. The molecule has 104 valence electrons. The highest BCUT2D eigenvalue weighted by atomic mass is 35.5. The van der Waals surface area contributed by atoms with Gasteiger partial charge in [-0.05, 0) is 30.7 Å². The maximum absolute atomic E-state index is 11.2. The Morgan fingerprint density at radius 1 is 1.25 bits per heavy atom. The van der Waals surface area contributed by atoms with Crippen LogP contribution >= 0.6 is 11.6 Å². The fourth-order valence-corrected chi connectivity index (χ4v) is 2.01. The molecule has 20 heavy (non-hydrogen) atoms. The number of benzene rings is 2. The van der Waals surface area contributed by atoms with E-state index in [-0.39, 0.29) is 12.4 Å². The molecule has 1 unspecified atom stereocenters. The molecule has 1 N–H and O–H groups in total. The minimum Gasteiger partial charge on any atom is -0.489 e. The Labute approximate surface area is 122 Å². The largest absolute Gasteiger partial charge is 0.489 e. The predicted octanol–water partition coefficient (Wildman–Crippen LogP) is 3.66. The van der Waals surface area contributed by atoms with Gasteiger partial charge < -0.3 is 9.84 Å². The highest BCUT2D eigenvalue weighted by Gasteiger charge is 2.10. The molecule has 0 spiro atoms. The van der Waals surface area contributed by atoms with E-state index in [1.165, 1.54) is 6.92 Å². The summed E-state index contributed by atoms with van der Waals surface area (Å²) in [6.45, 7) is 1.58. The predicted molar refractivity (Wildman–Crippen MR) is 78.4 cm³/mol. The number of carbonyl (C=O) groups is 1. The number of ketones is 1. The summed E-state index contributed by atoms with van der Waals surface area (Å²) in [5.41, 5.74) is 1.31. The first-order chi connectivity index (χ1) is 9.58. The molecule has 3 nitrogen and oxygen atoms in total. The van der Waals surface area contributed by atoms with Crippen molar-refractivity contribution in [3.8, 4) is 5.75 Å². The molecule has 0 saturated carbocycles. The number of Topliss-reactive ketones (excluding diaryl/α,β-unsaturated/α-hetero) is 1. The molecule has 0 heterocycles. The zero-order chi connectivity index (χ0) is 14.5. The summed E-state index contributed by atoms with van der Waals surface area (Å²) in [7, 11) is 0. The fourth-order valence-electron chi connectivity index (χ4n) is 1.78. The van der Waals surface area contributed by atoms with Crippen LogP contribution in [0.1, 0.15) is 28.9 Å². The number of aliphatic hydroxyl groups is 1. The van der Waals surface area contributed by atoms with Gasteiger partial charge in [0, 0.05) is 5.56 Å². The lowest BCUT2D eigenvalue weighted by Crippen LogP contribution is -2.09. The number of aliphatic hydroxyl groups excluding tert-OH is 1. The maximum atomic E-state index is 11.2. The molecule has 4 heteroatoms. The van der Waals surface area contributed by atoms with Gasteiger partial charge in [0.05, 0.1) is 5.02 Å². The molecule has 0 bridgehead atoms. The first kappa shape index (κ1) is 14.6. The molecule has 0 radical (unpaired) electrons. The van der Waals surface area contributed by atoms with Crippen molar-refractivity contribution < 1.29 is 14.6 Å². The Morgan fingerprint density at radius 2 is 1.95 bits per heavy atom. The Hall–Kier alpha value is -1.84. The Morgan fingerprint density at radius 3 is 2.55 bits per heavy atom. The van der Waals surface area contributed by atoms with Crippen LogP contribution in [-0.2, 0) is 0 Å². The van der Waals surface area contributed by atoms with Crippen molar-refractivity contribution in [1.82, 2.24) is 0 Å². The highest BCUT2D eigenvalue weighted by molar-refractivity contribution is 6.32. The summed E-state index contributed by atoms with van der Waals surface area (Å²) in [5.74, 6) is 0.398. The molecular weight excluding hydrogens is 276 g/mol. The van der Waals surface area contributed by atoms with Crippen LogP contribution in [0.15, 0.2) is 48.5 Å². The monoisotopic (exact) mass is 290 g/mol. The number of hydrogen-bond donors (Lipinski definition) is 1. The number of hydrogen-bond acceptors (Lipinski definition) is 3. The second-order valence-corrected chi connectivity index (χ2v) is 4.85. The molecule has 0 fully saturated rings. The normalized spacial score (nSPS) is 11.9. The van der Waals surface area contributed by atoms with Crippen molar-refractivity contribution in [2.45, 2.75) is 13.0 Å². The van der Waals surface area contributed by atoms with E-state index >= 15 is 0 Å². The summed E-state index contributed by atoms with van der Waals surface area (Å²) < 4.78 is 5.49. The topological polar surface area (TPSA) is 46.5 Å². The summed E-state index contributed by atoms with van der Waals surface area (Å²) >= 11 is 6.04. The molecule has 1 atom stereocenters. The Balaban J connectivity index is 2.02. The summed E-state index contributed by atoms with van der Waals surface area (Å²) in [4.78, 5) is 11.2. The van der Waals surface area contributed by atoms with Gasteiger partial charge in [0.15, 0.2) is 5.78 Å². The third kappa shape index (κ3) is 3.59. The van der Waals surface area contributed by atoms with Gasteiger partial charge in [-0.1, -0.05) is 41.9 Å². The lowest BCUT2D eigenvalue weighted by Gasteiger charge is -2.13. The molecule has 0 aromatic heterocycles. The molecule has 0 aliphatic heterocycles. The van der Waals surface area contributed by atoms with Crippen molar-refractivity contribution in [2.75, 3.05) is 6.61 Å². The Bertz CT molecular complexity index is 596. The first-order valence-corrected chi connectivity index (χ1v) is 6.62. The smallest absolute Gasteiger partial charge is 0.159 e. The van der Waals surface area contributed by atoms with E-state index in [2.05, 4.69) is 0 Å². The lowest BCUT2D eigenvalue weighted by molar-refractivity contribution is 0.101. The Kier molecular flexibility index (Phi) is 4.77. The van der Waals surface area contributed by atoms with Crippen molar-refractivity contribution >= 4 is 17.4 Å². The number of ether oxygens (including phenoxy) is 1. The van der Waals surface area contributed by atoms with Gasteiger partial charge in [-0.3, -0.25) is 4.79 Å². The molecule has 2 rings (SSSR count). The van der Waals surface area contributed by atoms with E-state index in [1.807, 2.05) is 30.3 Å². The van der Waals surface area contributed by atoms with E-state index in [1.54, 1.807) is 18.2 Å². The van der Waals surface area contributed by atoms with Crippen LogP contribution in [0.25, 0.3) is 0 Å². The number of carbonyl (C=O) groups excluding carboxylic acids is 1. The van der Waals surface area contributed by atoms with E-state index in [4.69, 9.17) is 16.3 Å². The van der Waals surface area contributed by atoms with Gasteiger partial charge in [0.1, 0.15) is 18.5 Å². The van der Waals surface area contributed by atoms with E-state index < -0.39 is 6.10 Å². The average molecular weight is 291 g/mol. The van der Waals surface area contributed by atoms with Crippen molar-refractivity contribution in [2.24, 2.45) is 0 Å². The van der Waals surface area contributed by atoms with Crippen LogP contribution in [0.4, 0.5) is 0 Å². The lowest BCUT2D eigenvalue weighted by atomic mass is 10.1. The van der Waals surface area contributed by atoms with Gasteiger partial charge in [-0.15, -0.1) is 0 Å². The van der Waals surface area contributed by atoms with Crippen molar-refractivity contribution in [3.63, 3.8) is 0 Å². The highest BCUT2D eigenvalue weighted by Crippen LogP contribution is 2.26. The van der Waals surface area contributed by atoms with Crippen LogP contribution in [0.5, 0.6) is 5.75 Å². The van der Waals surface area contributed by atoms with Gasteiger partial charge in [0.2, 0.25) is 0 Å². The zero-order valence-electron chi connectivity index (χ0n) is 11.0. The molecule has 2 aromatic rings. The van der Waals surface area contributed by atoms with Crippen LogP contribution in [0.2, 0.25) is 5.02 Å². The third-order valence-corrected chi connectivity index (χ3v) is 3.21. The zero-order valence-corrected chi connectivity index (χ0v) is 11.8. The van der Waals surface area contributed by atoms with Crippen molar-refractivity contribution in [3.05, 3.63) is 64.7 Å². The van der Waals surface area contributed by atoms with E-state index in [0.717, 1.165) is 5.56 Å². The van der Waals surface area contributed by atoms with Gasteiger partial charge >= 0.3 is 0 Å². The maximum Gasteiger partial charge on any atom is 0.159 e. The molecular formula is C16H15ClO3. The van der Waals surface area contributed by atoms with E-state index in [0.29, 0.717) is 16.3 Å². The molecule has 0 amide bonds. The van der Waals surface area contributed by atoms with E-state index in [9.17, 15) is 9.90 Å². The van der Waals surface area contributed by atoms with Gasteiger partial charge in [0.25, 0.3) is 0 Å². The van der Waals surface area contributed by atoms with Crippen molar-refractivity contribution in [1.29, 1.82) is 0 Å². The van der Waals surface area contributed by atoms with Crippen LogP contribution in [0, 0.1) is 0 Å². The van der Waals surface area contributed by atoms with Gasteiger partial charge in [-0.25, -0.2) is 0 Å². The minimum absolute atomic E-state index is 0.0530. The summed E-state index contributed by atoms with van der Waals surface area (Å²) in [5, 5.41) is 10.4. The molecule has 2 aromatic carbocycles. The SMILES string of the molecule is CC(=O)c1ccc(OCC(O)c2ccccc2)c(Cl)c1. The summed E-state index contributed by atoms with van der Waals surface area (Å²) in [6, 6.07) is 14.1. The second kappa shape index (κ2) is 6.55. The standard InChI is InChI=1S/C16H15ClO3/c1-11(18)13-7-8-16(14(17)9-13)20-10-15(19)12-5-3-2-4-6-12/h2-9,15,19H,10H2,1H3. The third-order valence-electron chi connectivity index (χ3n) is 2.92.